The molecule has 0 radical (unpaired) electrons. The fourth-order valence-electron chi connectivity index (χ4n) is 3.32. The Morgan fingerprint density at radius 3 is 2.62 bits per heavy atom. The van der Waals surface area contributed by atoms with E-state index in [1.54, 1.807) is 29.0 Å². The first-order chi connectivity index (χ1) is 13.8. The molecule has 1 aliphatic carbocycles. The predicted octanol–water partition coefficient (Wildman–Crippen LogP) is 1.04. The Labute approximate surface area is 179 Å². The second kappa shape index (κ2) is 7.71. The molecule has 9 nitrogen and oxygen atoms in total. The van der Waals surface area contributed by atoms with Crippen LogP contribution < -0.4 is 15.6 Å². The third-order valence-electron chi connectivity index (χ3n) is 5.01. The molecule has 1 saturated heterocycles. The average molecular weight is 481 g/mol. The molecule has 2 amide bonds. The molecule has 2 aromatic rings. The molecular formula is C18H19BrN5O4S+. The van der Waals surface area contributed by atoms with E-state index < -0.39 is 11.7 Å². The van der Waals surface area contributed by atoms with Crippen molar-refractivity contribution >= 4 is 50.8 Å². The minimum Gasteiger partial charge on any atom is -0.326 e. The van der Waals surface area contributed by atoms with Crippen LogP contribution >= 0.6 is 28.1 Å². The van der Waals surface area contributed by atoms with E-state index in [1.807, 2.05) is 12.1 Å². The molecule has 2 aliphatic rings. The first-order valence-corrected chi connectivity index (χ1v) is 10.3. The van der Waals surface area contributed by atoms with Gasteiger partial charge in [0.2, 0.25) is 5.91 Å². The van der Waals surface area contributed by atoms with Crippen LogP contribution in [0.5, 0.6) is 0 Å². The molecule has 2 heterocycles. The van der Waals surface area contributed by atoms with Crippen molar-refractivity contribution in [3.63, 3.8) is 0 Å². The standard InChI is InChI=1S/C18H18BrN5O4S/c1-22-14(17(27)28-21-22)9-23-13(16(26)24(18(23)29)12-6-7-12)8-15(25)20-11-4-2-10(19)3-5-11/h2-5,12-13H,6-9H2,1H3,(H-,20,21,25,27)/p+1. The van der Waals surface area contributed by atoms with Gasteiger partial charge in [-0.15, -0.1) is 0 Å². The first-order valence-electron chi connectivity index (χ1n) is 9.10. The zero-order valence-corrected chi connectivity index (χ0v) is 18.0. The minimum absolute atomic E-state index is 0.0717. The molecule has 152 valence electrons. The lowest BCUT2D eigenvalue weighted by molar-refractivity contribution is -0.746. The van der Waals surface area contributed by atoms with Gasteiger partial charge in [0, 0.05) is 16.2 Å². The molecular weight excluding hydrogens is 462 g/mol. The number of halogens is 1. The van der Waals surface area contributed by atoms with Crippen LogP contribution in [0.4, 0.5) is 5.69 Å². The molecule has 0 spiro atoms. The van der Waals surface area contributed by atoms with Crippen molar-refractivity contribution in [1.82, 2.24) is 15.1 Å². The largest absolute Gasteiger partial charge is 0.431 e. The highest BCUT2D eigenvalue weighted by Gasteiger charge is 2.50. The molecule has 1 aliphatic heterocycles. The number of hydrogen-bond acceptors (Lipinski definition) is 5. The number of H-pyrrole nitrogens is 1. The number of hydrogen-bond donors (Lipinski definition) is 2. The van der Waals surface area contributed by atoms with Crippen LogP contribution in [-0.4, -0.2) is 44.1 Å². The van der Waals surface area contributed by atoms with Crippen molar-refractivity contribution in [3.8, 4) is 0 Å². The van der Waals surface area contributed by atoms with Crippen molar-refractivity contribution in [2.75, 3.05) is 5.32 Å². The summed E-state index contributed by atoms with van der Waals surface area (Å²) >= 11 is 8.88. The summed E-state index contributed by atoms with van der Waals surface area (Å²) in [5.41, 5.74) is 0.413. The van der Waals surface area contributed by atoms with Gasteiger partial charge >= 0.3 is 11.3 Å². The summed E-state index contributed by atoms with van der Waals surface area (Å²) in [5, 5.41) is 5.60. The predicted molar refractivity (Wildman–Crippen MR) is 110 cm³/mol. The molecule has 1 atom stereocenters. The monoisotopic (exact) mass is 480 g/mol. The first kappa shape index (κ1) is 19.8. The number of nitrogens with zero attached hydrogens (tertiary/aromatic N) is 3. The number of aryl methyl sites for hydroxylation is 1. The summed E-state index contributed by atoms with van der Waals surface area (Å²) in [4.78, 5) is 40.8. The summed E-state index contributed by atoms with van der Waals surface area (Å²) < 4.78 is 7.13. The number of amides is 2. The lowest BCUT2D eigenvalue weighted by Crippen LogP contribution is -2.44. The van der Waals surface area contributed by atoms with Gasteiger partial charge in [-0.3, -0.25) is 19.0 Å². The lowest BCUT2D eigenvalue weighted by atomic mass is 10.1. The Morgan fingerprint density at radius 2 is 2.03 bits per heavy atom. The SMILES string of the molecule is C[n+]1[nH]oc(=O)c1CN1C(=S)N(C2CC2)C(=O)C1CC(=O)Nc1ccc(Br)cc1. The van der Waals surface area contributed by atoms with Gasteiger partial charge in [-0.1, -0.05) is 20.6 Å². The Morgan fingerprint density at radius 1 is 1.34 bits per heavy atom. The molecule has 2 N–H and O–H groups in total. The molecule has 1 unspecified atom stereocenters. The highest BCUT2D eigenvalue weighted by molar-refractivity contribution is 9.10. The molecule has 29 heavy (non-hydrogen) atoms. The van der Waals surface area contributed by atoms with Gasteiger partial charge in [0.25, 0.3) is 5.91 Å². The maximum absolute atomic E-state index is 13.0. The van der Waals surface area contributed by atoms with Crippen LogP contribution in [0.25, 0.3) is 0 Å². The van der Waals surface area contributed by atoms with E-state index in [4.69, 9.17) is 16.7 Å². The number of nitrogens with one attached hydrogen (secondary N) is 2. The van der Waals surface area contributed by atoms with Crippen LogP contribution in [0.3, 0.4) is 0 Å². The number of aromatic amines is 1. The number of rotatable bonds is 6. The third-order valence-corrected chi connectivity index (χ3v) is 5.97. The van der Waals surface area contributed by atoms with Gasteiger partial charge in [-0.25, -0.2) is 4.79 Å². The van der Waals surface area contributed by atoms with Crippen molar-refractivity contribution in [2.45, 2.75) is 37.9 Å². The van der Waals surface area contributed by atoms with Crippen LogP contribution in [-0.2, 0) is 23.2 Å². The molecule has 1 aromatic heterocycles. The number of thiocarbonyl (C=S) groups is 1. The van der Waals surface area contributed by atoms with Crippen LogP contribution in [0.2, 0.25) is 0 Å². The van der Waals surface area contributed by atoms with Crippen molar-refractivity contribution < 1.29 is 18.8 Å². The molecule has 2 fully saturated rings. The summed E-state index contributed by atoms with van der Waals surface area (Å²) in [5.74, 6) is -0.507. The Hall–Kier alpha value is -2.53. The highest BCUT2D eigenvalue weighted by Crippen LogP contribution is 2.34. The zero-order valence-electron chi connectivity index (χ0n) is 15.6. The van der Waals surface area contributed by atoms with E-state index >= 15 is 0 Å². The second-order valence-electron chi connectivity index (χ2n) is 7.11. The summed E-state index contributed by atoms with van der Waals surface area (Å²) in [7, 11) is 1.63. The second-order valence-corrected chi connectivity index (χ2v) is 8.39. The van der Waals surface area contributed by atoms with E-state index in [2.05, 4.69) is 26.5 Å². The fraction of sp³-hybridized carbons (Fsp3) is 0.389. The van der Waals surface area contributed by atoms with Crippen LogP contribution in [0.15, 0.2) is 38.1 Å². The number of anilines is 1. The number of carbonyl (C=O) groups excluding carboxylic acids is 2. The van der Waals surface area contributed by atoms with Gasteiger partial charge in [0.1, 0.15) is 12.6 Å². The number of benzene rings is 1. The van der Waals surface area contributed by atoms with Crippen molar-refractivity contribution in [1.29, 1.82) is 0 Å². The average Bonchev–Trinajstić information content (AvgIpc) is 3.42. The van der Waals surface area contributed by atoms with Crippen molar-refractivity contribution in [2.24, 2.45) is 7.05 Å². The summed E-state index contributed by atoms with van der Waals surface area (Å²) in [6, 6.07) is 6.47. The maximum atomic E-state index is 13.0. The Balaban J connectivity index is 1.55. The molecule has 1 aromatic carbocycles. The van der Waals surface area contributed by atoms with Crippen molar-refractivity contribution in [3.05, 3.63) is 44.9 Å². The van der Waals surface area contributed by atoms with Gasteiger partial charge in [0.05, 0.1) is 6.42 Å². The van der Waals surface area contributed by atoms with Gasteiger partial charge in [-0.05, 0) is 54.6 Å². The molecule has 4 rings (SSSR count). The molecule has 0 bridgehead atoms. The summed E-state index contributed by atoms with van der Waals surface area (Å²) in [6.45, 7) is 0.0758. The third kappa shape index (κ3) is 3.97. The fourth-order valence-corrected chi connectivity index (χ4v) is 4.01. The lowest BCUT2D eigenvalue weighted by Gasteiger charge is -2.21. The van der Waals surface area contributed by atoms with E-state index in [0.29, 0.717) is 16.5 Å². The van der Waals surface area contributed by atoms with Gasteiger partial charge in [0.15, 0.2) is 12.2 Å². The highest BCUT2D eigenvalue weighted by atomic mass is 79.9. The van der Waals surface area contributed by atoms with E-state index in [1.165, 1.54) is 4.68 Å². The Bertz CT molecular complexity index is 1030. The van der Waals surface area contributed by atoms with Gasteiger partial charge in [-0.2, -0.15) is 0 Å². The molecule has 1 saturated carbocycles. The van der Waals surface area contributed by atoms with Crippen LogP contribution in [0.1, 0.15) is 25.0 Å². The van der Waals surface area contributed by atoms with E-state index in [0.717, 1.165) is 17.3 Å². The topological polar surface area (TPSA) is 103 Å². The number of carbonyl (C=O) groups is 2. The van der Waals surface area contributed by atoms with E-state index in [-0.39, 0.29) is 30.8 Å². The minimum atomic E-state index is -0.771. The van der Waals surface area contributed by atoms with Gasteiger partial charge < -0.3 is 10.2 Å². The maximum Gasteiger partial charge on any atom is 0.431 e. The van der Waals surface area contributed by atoms with Crippen LogP contribution in [0, 0.1) is 0 Å². The Kier molecular flexibility index (Phi) is 5.26. The normalized spacial score (nSPS) is 19.2. The zero-order chi connectivity index (χ0) is 20.7. The summed E-state index contributed by atoms with van der Waals surface area (Å²) in [6.07, 6.45) is 1.70. The van der Waals surface area contributed by atoms with E-state index in [9.17, 15) is 14.4 Å². The molecule has 11 heteroatoms. The quantitative estimate of drug-likeness (QED) is 0.473. The smallest absolute Gasteiger partial charge is 0.326 e. The number of aromatic nitrogens is 2.